The van der Waals surface area contributed by atoms with Crippen molar-refractivity contribution in [3.8, 4) is 0 Å². The van der Waals surface area contributed by atoms with E-state index in [1.165, 1.54) is 5.56 Å². The summed E-state index contributed by atoms with van der Waals surface area (Å²) in [6, 6.07) is 8.14. The van der Waals surface area contributed by atoms with Crippen molar-refractivity contribution in [2.45, 2.75) is 39.2 Å². The summed E-state index contributed by atoms with van der Waals surface area (Å²) in [6.45, 7) is 6.90. The molecule has 0 saturated carbocycles. The highest BCUT2D eigenvalue weighted by atomic mass is 16.3. The molecule has 0 radical (unpaired) electrons. The van der Waals surface area contributed by atoms with Gasteiger partial charge in [-0.05, 0) is 23.0 Å². The molecule has 1 aromatic carbocycles. The molecule has 0 fully saturated rings. The van der Waals surface area contributed by atoms with E-state index in [4.69, 9.17) is 0 Å². The second-order valence-electron chi connectivity index (χ2n) is 4.22. The second kappa shape index (κ2) is 4.36. The summed E-state index contributed by atoms with van der Waals surface area (Å²) in [6.07, 6.45) is 1.11. The molecule has 0 aliphatic rings. The number of benzene rings is 1. The lowest BCUT2D eigenvalue weighted by Gasteiger charge is -2.23. The second-order valence-corrected chi connectivity index (χ2v) is 4.22. The van der Waals surface area contributed by atoms with Crippen LogP contribution in [-0.2, 0) is 12.0 Å². The first-order valence-electron chi connectivity index (χ1n) is 4.98. The normalized spacial score (nSPS) is 11.4. The maximum atomic E-state index is 10.1. The van der Waals surface area contributed by atoms with Crippen LogP contribution in [0.15, 0.2) is 29.4 Å². The minimum Gasteiger partial charge on any atom is -0.150 e. The Morgan fingerprint density at radius 3 is 2.21 bits per heavy atom. The number of nitrogens with zero attached hydrogens (tertiary/aromatic N) is 1. The summed E-state index contributed by atoms with van der Waals surface area (Å²) in [5, 5.41) is 2.87. The van der Waals surface area contributed by atoms with Gasteiger partial charge in [-0.2, -0.15) is 4.91 Å². The average molecular weight is 191 g/mol. The highest BCUT2D eigenvalue weighted by Crippen LogP contribution is 2.26. The molecular formula is C12H17NO. The first kappa shape index (κ1) is 10.9. The van der Waals surface area contributed by atoms with Crippen LogP contribution in [0.2, 0.25) is 0 Å². The van der Waals surface area contributed by atoms with E-state index < -0.39 is 0 Å². The zero-order chi connectivity index (χ0) is 10.6. The van der Waals surface area contributed by atoms with Gasteiger partial charge < -0.3 is 0 Å². The lowest BCUT2D eigenvalue weighted by molar-refractivity contribution is 0.506. The van der Waals surface area contributed by atoms with Crippen LogP contribution in [0.1, 0.15) is 38.3 Å². The minimum atomic E-state index is 0.215. The predicted molar refractivity (Wildman–Crippen MR) is 59.3 cm³/mol. The highest BCUT2D eigenvalue weighted by molar-refractivity contribution is 5.27. The van der Waals surface area contributed by atoms with E-state index >= 15 is 0 Å². The SMILES string of the molecule is CCC(C)(C)c1ccc(CN=O)cc1. The molecule has 0 saturated heterocycles. The Morgan fingerprint density at radius 1 is 1.21 bits per heavy atom. The zero-order valence-electron chi connectivity index (χ0n) is 9.08. The molecule has 0 aliphatic heterocycles. The van der Waals surface area contributed by atoms with Crippen LogP contribution < -0.4 is 0 Å². The fraction of sp³-hybridized carbons (Fsp3) is 0.500. The molecule has 2 nitrogen and oxygen atoms in total. The minimum absolute atomic E-state index is 0.215. The van der Waals surface area contributed by atoms with Crippen molar-refractivity contribution < 1.29 is 0 Å². The van der Waals surface area contributed by atoms with Gasteiger partial charge in [-0.15, -0.1) is 0 Å². The van der Waals surface area contributed by atoms with Gasteiger partial charge in [0.2, 0.25) is 0 Å². The van der Waals surface area contributed by atoms with E-state index in [0.717, 1.165) is 12.0 Å². The van der Waals surface area contributed by atoms with Gasteiger partial charge in [0.05, 0.1) is 0 Å². The third kappa shape index (κ3) is 2.41. The number of hydrogen-bond donors (Lipinski definition) is 0. The van der Waals surface area contributed by atoms with Crippen LogP contribution in [0, 0.1) is 4.91 Å². The third-order valence-electron chi connectivity index (χ3n) is 2.87. The Labute approximate surface area is 85.3 Å². The molecular weight excluding hydrogens is 174 g/mol. The fourth-order valence-electron chi connectivity index (χ4n) is 1.34. The topological polar surface area (TPSA) is 29.4 Å². The van der Waals surface area contributed by atoms with E-state index in [9.17, 15) is 4.91 Å². The molecule has 1 rings (SSSR count). The first-order valence-corrected chi connectivity index (χ1v) is 4.98. The summed E-state index contributed by atoms with van der Waals surface area (Å²) in [7, 11) is 0. The van der Waals surface area contributed by atoms with E-state index in [1.807, 2.05) is 12.1 Å². The van der Waals surface area contributed by atoms with Gasteiger partial charge in [-0.1, -0.05) is 50.2 Å². The van der Waals surface area contributed by atoms with Crippen molar-refractivity contribution >= 4 is 0 Å². The molecule has 2 heteroatoms. The van der Waals surface area contributed by atoms with Gasteiger partial charge in [0, 0.05) is 0 Å². The number of hydrogen-bond acceptors (Lipinski definition) is 2. The quantitative estimate of drug-likeness (QED) is 0.668. The Hall–Kier alpha value is -1.18. The standard InChI is InChI=1S/C12H17NO/c1-4-12(2,3)11-7-5-10(6-8-11)9-13-14/h5-8H,4,9H2,1-3H3. The summed E-state index contributed by atoms with van der Waals surface area (Å²) in [5.41, 5.74) is 2.51. The van der Waals surface area contributed by atoms with Gasteiger partial charge in [0.15, 0.2) is 0 Å². The maximum absolute atomic E-state index is 10.1. The van der Waals surface area contributed by atoms with Gasteiger partial charge in [-0.3, -0.25) is 0 Å². The van der Waals surface area contributed by atoms with Gasteiger partial charge in [0.1, 0.15) is 6.54 Å². The summed E-state index contributed by atoms with van der Waals surface area (Å²) >= 11 is 0. The fourth-order valence-corrected chi connectivity index (χ4v) is 1.34. The summed E-state index contributed by atoms with van der Waals surface area (Å²) in [5.74, 6) is 0. The molecule has 0 N–H and O–H groups in total. The van der Waals surface area contributed by atoms with Crippen molar-refractivity contribution in [1.29, 1.82) is 0 Å². The van der Waals surface area contributed by atoms with Crippen molar-refractivity contribution in [1.82, 2.24) is 0 Å². The Kier molecular flexibility index (Phi) is 3.39. The van der Waals surface area contributed by atoms with Crippen LogP contribution in [0.4, 0.5) is 0 Å². The largest absolute Gasteiger partial charge is 0.150 e. The molecule has 0 aromatic heterocycles. The lowest BCUT2D eigenvalue weighted by Crippen LogP contribution is -2.15. The lowest BCUT2D eigenvalue weighted by atomic mass is 9.82. The van der Waals surface area contributed by atoms with Crippen molar-refractivity contribution in [3.63, 3.8) is 0 Å². The smallest absolute Gasteiger partial charge is 0.106 e. The summed E-state index contributed by atoms with van der Waals surface area (Å²) in [4.78, 5) is 10.1. The van der Waals surface area contributed by atoms with Gasteiger partial charge >= 0.3 is 0 Å². The van der Waals surface area contributed by atoms with Crippen LogP contribution in [0.3, 0.4) is 0 Å². The van der Waals surface area contributed by atoms with Crippen molar-refractivity contribution in [3.05, 3.63) is 40.3 Å². The van der Waals surface area contributed by atoms with E-state index in [-0.39, 0.29) is 12.0 Å². The Bertz CT molecular complexity index is 301. The first-order chi connectivity index (χ1) is 6.60. The molecule has 1 aromatic rings. The molecule has 0 atom stereocenters. The summed E-state index contributed by atoms with van der Waals surface area (Å²) < 4.78 is 0. The van der Waals surface area contributed by atoms with Gasteiger partial charge in [-0.25, -0.2) is 0 Å². The van der Waals surface area contributed by atoms with Crippen molar-refractivity contribution in [2.75, 3.05) is 0 Å². The molecule has 0 spiro atoms. The maximum Gasteiger partial charge on any atom is 0.106 e. The van der Waals surface area contributed by atoms with E-state index in [2.05, 4.69) is 38.1 Å². The Morgan fingerprint density at radius 2 is 1.79 bits per heavy atom. The van der Waals surface area contributed by atoms with E-state index in [1.54, 1.807) is 0 Å². The molecule has 14 heavy (non-hydrogen) atoms. The molecule has 0 aliphatic carbocycles. The zero-order valence-corrected chi connectivity index (χ0v) is 9.08. The van der Waals surface area contributed by atoms with Crippen LogP contribution in [-0.4, -0.2) is 0 Å². The monoisotopic (exact) mass is 191 g/mol. The molecule has 0 amide bonds. The molecule has 76 valence electrons. The van der Waals surface area contributed by atoms with Crippen LogP contribution >= 0.6 is 0 Å². The van der Waals surface area contributed by atoms with Crippen molar-refractivity contribution in [2.24, 2.45) is 5.18 Å². The van der Waals surface area contributed by atoms with E-state index in [0.29, 0.717) is 0 Å². The molecule has 0 bridgehead atoms. The van der Waals surface area contributed by atoms with Gasteiger partial charge in [0.25, 0.3) is 0 Å². The third-order valence-corrected chi connectivity index (χ3v) is 2.87. The molecule has 0 unspecified atom stereocenters. The average Bonchev–Trinajstić information content (AvgIpc) is 2.19. The predicted octanol–water partition coefficient (Wildman–Crippen LogP) is 3.64. The number of nitroso groups, excluding NO2 is 1. The van der Waals surface area contributed by atoms with Crippen LogP contribution in [0.5, 0.6) is 0 Å². The number of rotatable bonds is 4. The van der Waals surface area contributed by atoms with Crippen LogP contribution in [0.25, 0.3) is 0 Å². The Balaban J connectivity index is 2.87. The highest BCUT2D eigenvalue weighted by Gasteiger charge is 2.17. The molecule has 0 heterocycles.